The fourth-order valence-corrected chi connectivity index (χ4v) is 4.15. The molecule has 0 aromatic heterocycles. The Morgan fingerprint density at radius 2 is 1.57 bits per heavy atom. The van der Waals surface area contributed by atoms with E-state index in [-0.39, 0.29) is 36.0 Å². The van der Waals surface area contributed by atoms with Crippen LogP contribution in [0.5, 0.6) is 5.75 Å². The lowest BCUT2D eigenvalue weighted by molar-refractivity contribution is -0.122. The minimum atomic E-state index is -0.231. The molecule has 4 rings (SSSR count). The van der Waals surface area contributed by atoms with Crippen molar-refractivity contribution in [2.24, 2.45) is 11.8 Å². The molecule has 6 heteroatoms. The van der Waals surface area contributed by atoms with Crippen LogP contribution in [0.1, 0.15) is 36.0 Å². The molecule has 1 aliphatic heterocycles. The van der Waals surface area contributed by atoms with Gasteiger partial charge in [0.1, 0.15) is 5.75 Å². The summed E-state index contributed by atoms with van der Waals surface area (Å²) in [5.41, 5.74) is 0.900. The van der Waals surface area contributed by atoms with Crippen molar-refractivity contribution in [2.45, 2.75) is 25.7 Å². The van der Waals surface area contributed by atoms with Crippen LogP contribution >= 0.6 is 11.6 Å². The highest BCUT2D eigenvalue weighted by Gasteiger charge is 2.49. The number of para-hydroxylation sites is 2. The molecule has 0 bridgehead atoms. The van der Waals surface area contributed by atoms with Crippen LogP contribution in [0, 0.1) is 11.8 Å². The molecule has 2 fully saturated rings. The highest BCUT2D eigenvalue weighted by molar-refractivity contribution is 6.30. The lowest BCUT2D eigenvalue weighted by atomic mass is 9.81. The van der Waals surface area contributed by atoms with Gasteiger partial charge in [-0.2, -0.15) is 0 Å². The molecule has 0 spiro atoms. The van der Waals surface area contributed by atoms with E-state index in [2.05, 4.69) is 0 Å². The van der Waals surface area contributed by atoms with Gasteiger partial charge in [0.15, 0.2) is 12.4 Å². The molecule has 1 heterocycles. The van der Waals surface area contributed by atoms with Gasteiger partial charge in [0.25, 0.3) is 0 Å². The molecule has 2 aromatic rings. The smallest absolute Gasteiger partial charge is 0.237 e. The van der Waals surface area contributed by atoms with Crippen LogP contribution in [0.4, 0.5) is 5.69 Å². The first-order chi connectivity index (χ1) is 13.6. The minimum Gasteiger partial charge on any atom is -0.483 e. The number of rotatable bonds is 5. The first kappa shape index (κ1) is 18.7. The quantitative estimate of drug-likeness (QED) is 0.558. The summed E-state index contributed by atoms with van der Waals surface area (Å²) in [5.74, 6) is -0.635. The summed E-state index contributed by atoms with van der Waals surface area (Å²) < 4.78 is 5.72. The predicted octanol–water partition coefficient (Wildman–Crippen LogP) is 4.28. The lowest BCUT2D eigenvalue weighted by Gasteiger charge is -2.19. The number of anilines is 1. The average Bonchev–Trinajstić information content (AvgIpc) is 2.97. The van der Waals surface area contributed by atoms with Crippen molar-refractivity contribution in [1.82, 2.24) is 0 Å². The number of nitrogens with zero attached hydrogens (tertiary/aromatic N) is 1. The monoisotopic (exact) mass is 397 g/mol. The summed E-state index contributed by atoms with van der Waals surface area (Å²) in [7, 11) is 0. The fraction of sp³-hybridized carbons (Fsp3) is 0.318. The van der Waals surface area contributed by atoms with Crippen LogP contribution < -0.4 is 9.64 Å². The number of fused-ring (bicyclic) bond motifs is 1. The molecule has 2 amide bonds. The SMILES string of the molecule is O=C(COc1ccccc1N1C(=O)[C@H]2CCCC[C@H]2C1=O)c1ccc(Cl)cc1. The number of carbonyl (C=O) groups is 3. The number of imide groups is 1. The van der Waals surface area contributed by atoms with Gasteiger partial charge in [-0.3, -0.25) is 14.4 Å². The number of carbonyl (C=O) groups excluding carboxylic acids is 3. The van der Waals surface area contributed by atoms with Gasteiger partial charge in [-0.25, -0.2) is 4.90 Å². The Morgan fingerprint density at radius 1 is 0.964 bits per heavy atom. The van der Waals surface area contributed by atoms with Crippen molar-refractivity contribution in [1.29, 1.82) is 0 Å². The number of ether oxygens (including phenoxy) is 1. The molecule has 2 aromatic carbocycles. The van der Waals surface area contributed by atoms with Gasteiger partial charge in [0.05, 0.1) is 17.5 Å². The highest BCUT2D eigenvalue weighted by atomic mass is 35.5. The third-order valence-corrected chi connectivity index (χ3v) is 5.72. The van der Waals surface area contributed by atoms with E-state index in [1.807, 2.05) is 0 Å². The number of benzene rings is 2. The van der Waals surface area contributed by atoms with E-state index in [9.17, 15) is 14.4 Å². The predicted molar refractivity (Wildman–Crippen MR) is 106 cm³/mol. The molecule has 144 valence electrons. The van der Waals surface area contributed by atoms with Gasteiger partial charge in [-0.1, -0.05) is 36.6 Å². The Morgan fingerprint density at radius 3 is 2.21 bits per heavy atom. The van der Waals surface area contributed by atoms with Crippen molar-refractivity contribution >= 4 is 34.9 Å². The van der Waals surface area contributed by atoms with Gasteiger partial charge < -0.3 is 4.74 Å². The fourth-order valence-electron chi connectivity index (χ4n) is 4.03. The van der Waals surface area contributed by atoms with Gasteiger partial charge in [0, 0.05) is 10.6 Å². The number of hydrogen-bond acceptors (Lipinski definition) is 4. The van der Waals surface area contributed by atoms with Crippen molar-refractivity contribution in [3.05, 3.63) is 59.1 Å². The van der Waals surface area contributed by atoms with Crippen LogP contribution in [0.15, 0.2) is 48.5 Å². The van der Waals surface area contributed by atoms with Gasteiger partial charge in [-0.05, 0) is 49.2 Å². The molecular weight excluding hydrogens is 378 g/mol. The molecule has 1 aliphatic carbocycles. The number of Topliss-reactive ketones (excluding diaryl/α,β-unsaturated/α-hetero) is 1. The molecule has 1 saturated carbocycles. The summed E-state index contributed by atoms with van der Waals surface area (Å²) in [6, 6.07) is 13.4. The average molecular weight is 398 g/mol. The maximum Gasteiger partial charge on any atom is 0.237 e. The Balaban J connectivity index is 1.54. The second-order valence-corrected chi connectivity index (χ2v) is 7.63. The summed E-state index contributed by atoms with van der Waals surface area (Å²) >= 11 is 5.85. The van der Waals surface area contributed by atoms with Crippen molar-refractivity contribution in [3.63, 3.8) is 0 Å². The van der Waals surface area contributed by atoms with E-state index in [1.165, 1.54) is 4.90 Å². The maximum atomic E-state index is 12.9. The summed E-state index contributed by atoms with van der Waals surface area (Å²) in [6.07, 6.45) is 3.46. The second kappa shape index (κ2) is 7.76. The normalized spacial score (nSPS) is 21.5. The Kier molecular flexibility index (Phi) is 5.18. The van der Waals surface area contributed by atoms with Gasteiger partial charge >= 0.3 is 0 Å². The summed E-state index contributed by atoms with van der Waals surface area (Å²) in [6.45, 7) is -0.193. The van der Waals surface area contributed by atoms with Crippen LogP contribution in [0.3, 0.4) is 0 Å². The Bertz CT molecular complexity index is 900. The first-order valence-corrected chi connectivity index (χ1v) is 9.82. The summed E-state index contributed by atoms with van der Waals surface area (Å²) in [4.78, 5) is 39.4. The minimum absolute atomic E-state index is 0.158. The molecule has 0 radical (unpaired) electrons. The molecule has 0 N–H and O–H groups in total. The number of ketones is 1. The highest BCUT2D eigenvalue weighted by Crippen LogP contribution is 2.42. The Hall–Kier alpha value is -2.66. The van der Waals surface area contributed by atoms with Crippen molar-refractivity contribution in [3.8, 4) is 5.75 Å². The van der Waals surface area contributed by atoms with Crippen molar-refractivity contribution in [2.75, 3.05) is 11.5 Å². The van der Waals surface area contributed by atoms with Crippen molar-refractivity contribution < 1.29 is 19.1 Å². The van der Waals surface area contributed by atoms with Gasteiger partial charge in [-0.15, -0.1) is 0 Å². The first-order valence-electron chi connectivity index (χ1n) is 9.44. The van der Waals surface area contributed by atoms with E-state index in [0.717, 1.165) is 25.7 Å². The van der Waals surface area contributed by atoms with Crippen LogP contribution in [-0.2, 0) is 9.59 Å². The van der Waals surface area contributed by atoms with Gasteiger partial charge in [0.2, 0.25) is 11.8 Å². The zero-order valence-electron chi connectivity index (χ0n) is 15.3. The number of amides is 2. The largest absolute Gasteiger partial charge is 0.483 e. The standard InChI is InChI=1S/C22H20ClNO4/c23-15-11-9-14(10-12-15)19(25)13-28-20-8-4-3-7-18(20)24-21(26)16-5-1-2-6-17(16)22(24)27/h3-4,7-12,16-17H,1-2,5-6,13H2/t16-,17+. The zero-order chi connectivity index (χ0) is 19.7. The third kappa shape index (κ3) is 3.42. The van der Waals surface area contributed by atoms with Crippen LogP contribution in [-0.4, -0.2) is 24.2 Å². The molecule has 2 aliphatic rings. The zero-order valence-corrected chi connectivity index (χ0v) is 16.0. The number of hydrogen-bond donors (Lipinski definition) is 0. The summed E-state index contributed by atoms with van der Waals surface area (Å²) in [5, 5.41) is 0.551. The van der Waals surface area contributed by atoms with E-state index in [0.29, 0.717) is 22.0 Å². The third-order valence-electron chi connectivity index (χ3n) is 5.47. The van der Waals surface area contributed by atoms with Crippen LogP contribution in [0.25, 0.3) is 0 Å². The lowest BCUT2D eigenvalue weighted by Crippen LogP contribution is -2.31. The molecule has 2 atom stereocenters. The molecular formula is C22H20ClNO4. The molecule has 1 saturated heterocycles. The van der Waals surface area contributed by atoms with E-state index < -0.39 is 0 Å². The molecule has 5 nitrogen and oxygen atoms in total. The topological polar surface area (TPSA) is 63.7 Å². The number of halogens is 1. The van der Waals surface area contributed by atoms with Crippen LogP contribution in [0.2, 0.25) is 5.02 Å². The molecule has 28 heavy (non-hydrogen) atoms. The van der Waals surface area contributed by atoms with E-state index in [1.54, 1.807) is 48.5 Å². The van der Waals surface area contributed by atoms with E-state index >= 15 is 0 Å². The van der Waals surface area contributed by atoms with E-state index in [4.69, 9.17) is 16.3 Å². The molecule has 0 unspecified atom stereocenters. The second-order valence-electron chi connectivity index (χ2n) is 7.20. The maximum absolute atomic E-state index is 12.9. The Labute approximate surface area is 168 Å².